The Morgan fingerprint density at radius 1 is 1.16 bits per heavy atom. The van der Waals surface area contributed by atoms with Gasteiger partial charge >= 0.3 is 0 Å². The van der Waals surface area contributed by atoms with Gasteiger partial charge in [-0.05, 0) is 32.0 Å². The summed E-state index contributed by atoms with van der Waals surface area (Å²) >= 11 is 0. The lowest BCUT2D eigenvalue weighted by Gasteiger charge is -2.36. The summed E-state index contributed by atoms with van der Waals surface area (Å²) < 4.78 is 18.5. The summed E-state index contributed by atoms with van der Waals surface area (Å²) in [5.41, 5.74) is 2.54. The van der Waals surface area contributed by atoms with Gasteiger partial charge in [-0.1, -0.05) is 35.5 Å². The van der Waals surface area contributed by atoms with Crippen LogP contribution in [0.15, 0.2) is 53.1 Å². The van der Waals surface area contributed by atoms with Crippen molar-refractivity contribution in [3.63, 3.8) is 0 Å². The average molecular weight is 439 g/mol. The van der Waals surface area contributed by atoms with Gasteiger partial charge in [0.1, 0.15) is 28.6 Å². The third-order valence-electron chi connectivity index (χ3n) is 5.72. The number of carbonyl (C=O) groups excluding carboxylic acids is 1. The standard InChI is InChI=1S/C24H27FN4O3/c1-17-22(23(27-32-17)18-6-3-2-4-7-18)24(31)26-10-5-11-28-12-14-29(15-13-28)20-9-8-19(25)16-21(20)30/h2-4,6-9,16,30H,5,10-15H2,1H3,(H,26,31). The molecule has 1 aliphatic heterocycles. The van der Waals surface area contributed by atoms with Crippen LogP contribution in [0.3, 0.4) is 0 Å². The van der Waals surface area contributed by atoms with Crippen LogP contribution >= 0.6 is 0 Å². The van der Waals surface area contributed by atoms with Crippen LogP contribution in [0.4, 0.5) is 10.1 Å². The third-order valence-corrected chi connectivity index (χ3v) is 5.72. The fraction of sp³-hybridized carbons (Fsp3) is 0.333. The van der Waals surface area contributed by atoms with Crippen molar-refractivity contribution in [1.82, 2.24) is 15.4 Å². The van der Waals surface area contributed by atoms with Gasteiger partial charge in [0.2, 0.25) is 0 Å². The monoisotopic (exact) mass is 438 g/mol. The number of carbonyl (C=O) groups is 1. The van der Waals surface area contributed by atoms with Crippen LogP contribution in [0.1, 0.15) is 22.5 Å². The number of phenolic OH excluding ortho intramolecular Hbond substituents is 1. The number of anilines is 1. The molecule has 2 aromatic carbocycles. The first-order valence-electron chi connectivity index (χ1n) is 10.8. The van der Waals surface area contributed by atoms with Gasteiger partial charge in [0, 0.05) is 44.4 Å². The first-order valence-corrected chi connectivity index (χ1v) is 10.8. The van der Waals surface area contributed by atoms with E-state index in [1.165, 1.54) is 6.07 Å². The maximum absolute atomic E-state index is 13.2. The molecule has 32 heavy (non-hydrogen) atoms. The summed E-state index contributed by atoms with van der Waals surface area (Å²) in [6.07, 6.45) is 0.818. The number of benzene rings is 2. The Labute approximate surface area is 186 Å². The molecule has 0 spiro atoms. The molecule has 2 N–H and O–H groups in total. The number of halogens is 1. The molecule has 0 radical (unpaired) electrons. The number of hydrogen-bond acceptors (Lipinski definition) is 6. The molecule has 0 unspecified atom stereocenters. The van der Waals surface area contributed by atoms with Crippen LogP contribution in [0.2, 0.25) is 0 Å². The van der Waals surface area contributed by atoms with E-state index in [2.05, 4.69) is 20.3 Å². The van der Waals surface area contributed by atoms with Gasteiger partial charge < -0.3 is 19.8 Å². The summed E-state index contributed by atoms with van der Waals surface area (Å²) in [7, 11) is 0. The Hall–Kier alpha value is -3.39. The van der Waals surface area contributed by atoms with Crippen LogP contribution in [-0.4, -0.2) is 60.3 Å². The van der Waals surface area contributed by atoms with E-state index < -0.39 is 5.82 Å². The van der Waals surface area contributed by atoms with Crippen molar-refractivity contribution in [2.75, 3.05) is 44.2 Å². The Morgan fingerprint density at radius 2 is 1.91 bits per heavy atom. The molecular formula is C24H27FN4O3. The quantitative estimate of drug-likeness (QED) is 0.550. The molecule has 3 aromatic rings. The van der Waals surface area contributed by atoms with E-state index in [1.807, 2.05) is 30.3 Å². The summed E-state index contributed by atoms with van der Waals surface area (Å²) in [5.74, 6) is -0.148. The number of amides is 1. The Balaban J connectivity index is 1.24. The van der Waals surface area contributed by atoms with Gasteiger partial charge in [0.15, 0.2) is 0 Å². The Kier molecular flexibility index (Phi) is 6.70. The highest BCUT2D eigenvalue weighted by Crippen LogP contribution is 2.28. The van der Waals surface area contributed by atoms with E-state index in [-0.39, 0.29) is 11.7 Å². The predicted molar refractivity (Wildman–Crippen MR) is 120 cm³/mol. The maximum Gasteiger partial charge on any atom is 0.257 e. The Bertz CT molecular complexity index is 1060. The molecule has 4 rings (SSSR count). The second kappa shape index (κ2) is 9.82. The van der Waals surface area contributed by atoms with Crippen molar-refractivity contribution < 1.29 is 18.8 Å². The van der Waals surface area contributed by atoms with Crippen molar-refractivity contribution in [3.8, 4) is 17.0 Å². The lowest BCUT2D eigenvalue weighted by atomic mass is 10.1. The Morgan fingerprint density at radius 3 is 2.62 bits per heavy atom. The molecule has 1 aromatic heterocycles. The molecule has 168 valence electrons. The average Bonchev–Trinajstić information content (AvgIpc) is 3.19. The van der Waals surface area contributed by atoms with Crippen molar-refractivity contribution in [2.24, 2.45) is 0 Å². The molecule has 1 saturated heterocycles. The van der Waals surface area contributed by atoms with Crippen molar-refractivity contribution >= 4 is 11.6 Å². The van der Waals surface area contributed by atoms with Crippen LogP contribution < -0.4 is 10.2 Å². The van der Waals surface area contributed by atoms with Crippen molar-refractivity contribution in [3.05, 3.63) is 65.7 Å². The van der Waals surface area contributed by atoms with Crippen molar-refractivity contribution in [1.29, 1.82) is 0 Å². The number of rotatable bonds is 7. The number of aromatic nitrogens is 1. The molecule has 1 amide bonds. The van der Waals surface area contributed by atoms with Gasteiger partial charge in [-0.3, -0.25) is 9.69 Å². The van der Waals surface area contributed by atoms with E-state index in [1.54, 1.807) is 13.0 Å². The molecule has 7 nitrogen and oxygen atoms in total. The SMILES string of the molecule is Cc1onc(-c2ccccc2)c1C(=O)NCCCN1CCN(c2ccc(F)cc2O)CC1. The number of aromatic hydroxyl groups is 1. The van der Waals surface area contributed by atoms with Crippen LogP contribution in [0.5, 0.6) is 5.75 Å². The number of phenols is 1. The molecule has 0 bridgehead atoms. The molecule has 1 fully saturated rings. The highest BCUT2D eigenvalue weighted by Gasteiger charge is 2.22. The topological polar surface area (TPSA) is 81.8 Å². The number of hydrogen-bond donors (Lipinski definition) is 2. The zero-order chi connectivity index (χ0) is 22.5. The number of nitrogens with zero attached hydrogens (tertiary/aromatic N) is 3. The van der Waals surface area contributed by atoms with E-state index in [4.69, 9.17) is 4.52 Å². The van der Waals surface area contributed by atoms with Crippen LogP contribution in [-0.2, 0) is 0 Å². The minimum atomic E-state index is -0.441. The highest BCUT2D eigenvalue weighted by molar-refractivity contribution is 6.00. The largest absolute Gasteiger partial charge is 0.506 e. The number of piperazine rings is 1. The lowest BCUT2D eigenvalue weighted by molar-refractivity contribution is 0.0950. The van der Waals surface area contributed by atoms with E-state index >= 15 is 0 Å². The molecule has 0 aliphatic carbocycles. The van der Waals surface area contributed by atoms with E-state index in [0.717, 1.165) is 50.8 Å². The molecule has 1 aliphatic rings. The van der Waals surface area contributed by atoms with Gasteiger partial charge in [0.25, 0.3) is 5.91 Å². The van der Waals surface area contributed by atoms with E-state index in [0.29, 0.717) is 29.2 Å². The molecule has 0 saturated carbocycles. The minimum absolute atomic E-state index is 0.0277. The van der Waals surface area contributed by atoms with E-state index in [9.17, 15) is 14.3 Å². The van der Waals surface area contributed by atoms with Gasteiger partial charge in [-0.25, -0.2) is 4.39 Å². The van der Waals surface area contributed by atoms with Gasteiger partial charge in [-0.2, -0.15) is 0 Å². The first kappa shape index (κ1) is 21.8. The fourth-order valence-electron chi connectivity index (χ4n) is 4.00. The second-order valence-corrected chi connectivity index (χ2v) is 7.90. The zero-order valence-electron chi connectivity index (χ0n) is 18.1. The summed E-state index contributed by atoms with van der Waals surface area (Å²) in [5, 5.41) is 17.0. The smallest absolute Gasteiger partial charge is 0.257 e. The molecule has 0 atom stereocenters. The maximum atomic E-state index is 13.2. The van der Waals surface area contributed by atoms with Crippen molar-refractivity contribution in [2.45, 2.75) is 13.3 Å². The van der Waals surface area contributed by atoms with Gasteiger partial charge in [0.05, 0.1) is 5.69 Å². The molecule has 8 heteroatoms. The second-order valence-electron chi connectivity index (χ2n) is 7.90. The zero-order valence-corrected chi connectivity index (χ0v) is 18.1. The van der Waals surface area contributed by atoms with Gasteiger partial charge in [-0.15, -0.1) is 0 Å². The highest BCUT2D eigenvalue weighted by atomic mass is 19.1. The third kappa shape index (κ3) is 4.91. The molecule has 2 heterocycles. The fourth-order valence-corrected chi connectivity index (χ4v) is 4.00. The summed E-state index contributed by atoms with van der Waals surface area (Å²) in [4.78, 5) is 17.1. The summed E-state index contributed by atoms with van der Waals surface area (Å²) in [6.45, 7) is 6.35. The predicted octanol–water partition coefficient (Wildman–Crippen LogP) is 3.44. The minimum Gasteiger partial charge on any atom is -0.506 e. The normalized spacial score (nSPS) is 14.5. The number of nitrogens with one attached hydrogen (secondary N) is 1. The number of aryl methyl sites for hydroxylation is 1. The first-order chi connectivity index (χ1) is 15.5. The van der Waals surface area contributed by atoms with Crippen LogP contribution in [0.25, 0.3) is 11.3 Å². The van der Waals surface area contributed by atoms with Crippen LogP contribution in [0, 0.1) is 12.7 Å². The lowest BCUT2D eigenvalue weighted by Crippen LogP contribution is -2.47. The summed E-state index contributed by atoms with van der Waals surface area (Å²) in [6, 6.07) is 13.6. The molecular weight excluding hydrogens is 411 g/mol.